The Balaban J connectivity index is 3.65. The van der Waals surface area contributed by atoms with Crippen LogP contribution < -0.4 is 5.32 Å². The molecule has 2 atom stereocenters. The Kier molecular flexibility index (Phi) is 29.1. The van der Waals surface area contributed by atoms with Crippen molar-refractivity contribution in [2.45, 2.75) is 167 Å². The number of nitrogens with one attached hydrogen (secondary N) is 1. The molecule has 4 heteroatoms. The quantitative estimate of drug-likeness (QED) is 0.0693. The topological polar surface area (TPSA) is 69.6 Å². The minimum absolute atomic E-state index is 0.0526. The van der Waals surface area contributed by atoms with E-state index in [1.54, 1.807) is 0 Å². The molecule has 0 radical (unpaired) electrons. The number of rotatable bonds is 28. The van der Waals surface area contributed by atoms with Crippen LogP contribution in [-0.2, 0) is 4.79 Å². The average molecular weight is 534 g/mol. The smallest absolute Gasteiger partial charge is 0.220 e. The molecule has 0 aromatic rings. The number of aliphatic hydroxyl groups excluding tert-OH is 2. The zero-order chi connectivity index (χ0) is 27.9. The molecule has 0 aliphatic heterocycles. The molecule has 0 fully saturated rings. The Morgan fingerprint density at radius 3 is 1.74 bits per heavy atom. The summed E-state index contributed by atoms with van der Waals surface area (Å²) in [7, 11) is 0. The van der Waals surface area contributed by atoms with E-state index >= 15 is 0 Å². The van der Waals surface area contributed by atoms with Crippen LogP contribution in [0.3, 0.4) is 0 Å². The van der Waals surface area contributed by atoms with Gasteiger partial charge in [0.05, 0.1) is 18.8 Å². The second kappa shape index (κ2) is 30.2. The zero-order valence-corrected chi connectivity index (χ0v) is 25.2. The van der Waals surface area contributed by atoms with Crippen LogP contribution in [0.25, 0.3) is 0 Å². The van der Waals surface area contributed by atoms with Crippen molar-refractivity contribution < 1.29 is 15.0 Å². The van der Waals surface area contributed by atoms with Gasteiger partial charge in [-0.05, 0) is 44.9 Å². The first-order chi connectivity index (χ1) is 18.7. The summed E-state index contributed by atoms with van der Waals surface area (Å²) in [6.07, 6.45) is 37.6. The van der Waals surface area contributed by atoms with Crippen LogP contribution in [0.1, 0.15) is 155 Å². The van der Waals surface area contributed by atoms with Gasteiger partial charge in [-0.25, -0.2) is 0 Å². The van der Waals surface area contributed by atoms with Gasteiger partial charge in [0.2, 0.25) is 5.91 Å². The number of hydrogen-bond acceptors (Lipinski definition) is 3. The Labute approximate surface area is 236 Å². The molecule has 0 rings (SSSR count). The van der Waals surface area contributed by atoms with E-state index in [0.717, 1.165) is 57.8 Å². The third-order valence-corrected chi connectivity index (χ3v) is 7.17. The molecule has 0 aliphatic carbocycles. The molecule has 0 aliphatic rings. The summed E-state index contributed by atoms with van der Waals surface area (Å²) in [5.74, 6) is -0.0526. The van der Waals surface area contributed by atoms with E-state index in [-0.39, 0.29) is 12.5 Å². The Morgan fingerprint density at radius 2 is 1.16 bits per heavy atom. The maximum atomic E-state index is 12.3. The van der Waals surface area contributed by atoms with Crippen molar-refractivity contribution in [3.63, 3.8) is 0 Å². The van der Waals surface area contributed by atoms with Gasteiger partial charge in [-0.1, -0.05) is 140 Å². The first kappa shape index (κ1) is 36.6. The summed E-state index contributed by atoms with van der Waals surface area (Å²) < 4.78 is 0. The maximum Gasteiger partial charge on any atom is 0.220 e. The second-order valence-corrected chi connectivity index (χ2v) is 10.8. The molecular formula is C34H63NO3. The van der Waals surface area contributed by atoms with E-state index in [4.69, 9.17) is 0 Å². The standard InChI is InChI=1S/C34H63NO3/c1-3-5-7-9-11-13-15-16-17-18-20-22-24-26-28-30-34(38)35-32(31-36)33(37)29-27-25-23-21-19-14-12-10-8-6-4-2/h5,7,11,13,16-17,32-33,36-37H,3-4,6,8-10,12,14-15,18-31H2,1-2H3,(H,35,38)/t32-,33+/m0/s1. The highest BCUT2D eigenvalue weighted by atomic mass is 16.3. The molecule has 222 valence electrons. The predicted molar refractivity (Wildman–Crippen MR) is 165 cm³/mol. The van der Waals surface area contributed by atoms with E-state index in [2.05, 4.69) is 55.6 Å². The highest BCUT2D eigenvalue weighted by Crippen LogP contribution is 2.14. The third-order valence-electron chi connectivity index (χ3n) is 7.17. The van der Waals surface area contributed by atoms with Crippen molar-refractivity contribution in [1.29, 1.82) is 0 Å². The minimum atomic E-state index is -0.663. The normalized spacial score (nSPS) is 13.7. The number of allylic oxidation sites excluding steroid dienone is 6. The van der Waals surface area contributed by atoms with Crippen LogP contribution in [0.2, 0.25) is 0 Å². The first-order valence-corrected chi connectivity index (χ1v) is 16.2. The third kappa shape index (κ3) is 26.2. The second-order valence-electron chi connectivity index (χ2n) is 10.8. The van der Waals surface area contributed by atoms with Crippen molar-refractivity contribution >= 4 is 5.91 Å². The Hall–Kier alpha value is -1.39. The van der Waals surface area contributed by atoms with Gasteiger partial charge in [0.1, 0.15) is 0 Å². The lowest BCUT2D eigenvalue weighted by Crippen LogP contribution is -2.45. The molecule has 0 unspecified atom stereocenters. The fraction of sp³-hybridized carbons (Fsp3) is 0.794. The highest BCUT2D eigenvalue weighted by Gasteiger charge is 2.19. The molecule has 0 aromatic carbocycles. The minimum Gasteiger partial charge on any atom is -0.394 e. The van der Waals surface area contributed by atoms with Crippen LogP contribution in [0.4, 0.5) is 0 Å². The van der Waals surface area contributed by atoms with Gasteiger partial charge >= 0.3 is 0 Å². The SMILES string of the molecule is CCC=CCC=CCC=CCCCCCCCC(=O)N[C@@H](CO)[C@H](O)CCCCCCCCCCCCC. The van der Waals surface area contributed by atoms with E-state index in [9.17, 15) is 15.0 Å². The first-order valence-electron chi connectivity index (χ1n) is 16.2. The molecule has 0 heterocycles. The highest BCUT2D eigenvalue weighted by molar-refractivity contribution is 5.76. The van der Waals surface area contributed by atoms with Crippen molar-refractivity contribution in [3.8, 4) is 0 Å². The lowest BCUT2D eigenvalue weighted by molar-refractivity contribution is -0.123. The Morgan fingerprint density at radius 1 is 0.658 bits per heavy atom. The summed E-state index contributed by atoms with van der Waals surface area (Å²) in [5.41, 5.74) is 0. The van der Waals surface area contributed by atoms with Gasteiger partial charge in [0, 0.05) is 6.42 Å². The lowest BCUT2D eigenvalue weighted by Gasteiger charge is -2.22. The van der Waals surface area contributed by atoms with Gasteiger partial charge in [0.15, 0.2) is 0 Å². The molecular weight excluding hydrogens is 470 g/mol. The van der Waals surface area contributed by atoms with Crippen LogP contribution in [0.15, 0.2) is 36.5 Å². The molecule has 38 heavy (non-hydrogen) atoms. The summed E-state index contributed by atoms with van der Waals surface area (Å²) in [5, 5.41) is 22.9. The summed E-state index contributed by atoms with van der Waals surface area (Å²) >= 11 is 0. The van der Waals surface area contributed by atoms with Crippen molar-refractivity contribution in [2.75, 3.05) is 6.61 Å². The van der Waals surface area contributed by atoms with Gasteiger partial charge < -0.3 is 15.5 Å². The molecule has 0 spiro atoms. The summed E-state index contributed by atoms with van der Waals surface area (Å²) in [4.78, 5) is 12.3. The zero-order valence-electron chi connectivity index (χ0n) is 25.2. The van der Waals surface area contributed by atoms with Crippen LogP contribution in [-0.4, -0.2) is 34.9 Å². The monoisotopic (exact) mass is 533 g/mol. The molecule has 0 saturated heterocycles. The fourth-order valence-corrected chi connectivity index (χ4v) is 4.67. The molecule has 0 aromatic heterocycles. The maximum absolute atomic E-state index is 12.3. The van der Waals surface area contributed by atoms with Crippen molar-refractivity contribution in [3.05, 3.63) is 36.5 Å². The molecule has 0 bridgehead atoms. The number of unbranched alkanes of at least 4 members (excludes halogenated alkanes) is 15. The van der Waals surface area contributed by atoms with E-state index in [0.29, 0.717) is 12.8 Å². The lowest BCUT2D eigenvalue weighted by atomic mass is 10.0. The number of carbonyl (C=O) groups excluding carboxylic acids is 1. The number of amides is 1. The van der Waals surface area contributed by atoms with Crippen LogP contribution in [0.5, 0.6) is 0 Å². The van der Waals surface area contributed by atoms with E-state index in [1.807, 2.05) is 0 Å². The fourth-order valence-electron chi connectivity index (χ4n) is 4.67. The molecule has 3 N–H and O–H groups in total. The van der Waals surface area contributed by atoms with Crippen LogP contribution >= 0.6 is 0 Å². The summed E-state index contributed by atoms with van der Waals surface area (Å²) in [6.45, 7) is 4.21. The van der Waals surface area contributed by atoms with Crippen molar-refractivity contribution in [1.82, 2.24) is 5.32 Å². The van der Waals surface area contributed by atoms with E-state index < -0.39 is 12.1 Å². The number of hydrogen-bond donors (Lipinski definition) is 3. The number of aliphatic hydroxyl groups is 2. The number of carbonyl (C=O) groups is 1. The molecule has 4 nitrogen and oxygen atoms in total. The van der Waals surface area contributed by atoms with Gasteiger partial charge in [0.25, 0.3) is 0 Å². The van der Waals surface area contributed by atoms with Gasteiger partial charge in [-0.3, -0.25) is 4.79 Å². The predicted octanol–water partition coefficient (Wildman–Crippen LogP) is 9.12. The summed E-state index contributed by atoms with van der Waals surface area (Å²) in [6, 6.07) is -0.542. The molecule has 1 amide bonds. The largest absolute Gasteiger partial charge is 0.394 e. The Bertz CT molecular complexity index is 584. The molecule has 0 saturated carbocycles. The van der Waals surface area contributed by atoms with Crippen molar-refractivity contribution in [2.24, 2.45) is 0 Å². The van der Waals surface area contributed by atoms with Gasteiger partial charge in [-0.15, -0.1) is 0 Å². The van der Waals surface area contributed by atoms with Crippen LogP contribution in [0, 0.1) is 0 Å². The van der Waals surface area contributed by atoms with Gasteiger partial charge in [-0.2, -0.15) is 0 Å². The average Bonchev–Trinajstić information content (AvgIpc) is 2.92. The van der Waals surface area contributed by atoms with E-state index in [1.165, 1.54) is 70.6 Å².